The van der Waals surface area contributed by atoms with Crippen LogP contribution in [0.15, 0.2) is 22.7 Å². The second-order valence-electron chi connectivity index (χ2n) is 3.85. The summed E-state index contributed by atoms with van der Waals surface area (Å²) in [5.74, 6) is 0.827. The van der Waals surface area contributed by atoms with E-state index in [1.165, 1.54) is 0 Å². The molecule has 1 aliphatic heterocycles. The molecule has 0 spiro atoms. The Bertz CT molecular complexity index is 381. The number of methoxy groups -OCH3 is 1. The van der Waals surface area contributed by atoms with Crippen LogP contribution in [0.25, 0.3) is 0 Å². The van der Waals surface area contributed by atoms with E-state index >= 15 is 0 Å². The molecule has 1 aliphatic rings. The highest BCUT2D eigenvalue weighted by Crippen LogP contribution is 2.37. The van der Waals surface area contributed by atoms with Crippen LogP contribution in [0, 0.1) is 0 Å². The molecule has 0 saturated carbocycles. The lowest BCUT2D eigenvalue weighted by molar-refractivity contribution is -0.0495. The van der Waals surface area contributed by atoms with Crippen molar-refractivity contribution in [2.75, 3.05) is 7.11 Å². The van der Waals surface area contributed by atoms with E-state index in [-0.39, 0.29) is 18.5 Å². The van der Waals surface area contributed by atoms with Crippen LogP contribution in [0.4, 0.5) is 0 Å². The number of hydrogen-bond donors (Lipinski definition) is 0. The predicted octanol–water partition coefficient (Wildman–Crippen LogP) is 3.28. The first-order valence-electron chi connectivity index (χ1n) is 5.26. The monoisotopic (exact) mass is 286 g/mol. The average Bonchev–Trinajstić information content (AvgIpc) is 2.58. The molecule has 16 heavy (non-hydrogen) atoms. The van der Waals surface area contributed by atoms with E-state index in [0.29, 0.717) is 0 Å². The van der Waals surface area contributed by atoms with Gasteiger partial charge in [-0.3, -0.25) is 0 Å². The number of ether oxygens (including phenoxy) is 3. The predicted molar refractivity (Wildman–Crippen MR) is 64.5 cm³/mol. The summed E-state index contributed by atoms with van der Waals surface area (Å²) in [4.78, 5) is 0. The smallest absolute Gasteiger partial charge is 0.156 e. The topological polar surface area (TPSA) is 27.7 Å². The molecule has 2 rings (SSSR count). The van der Waals surface area contributed by atoms with Gasteiger partial charge in [-0.2, -0.15) is 0 Å². The third-order valence-electron chi connectivity index (χ3n) is 2.68. The van der Waals surface area contributed by atoms with Gasteiger partial charge in [-0.25, -0.2) is 0 Å². The molecule has 3 atom stereocenters. The second-order valence-corrected chi connectivity index (χ2v) is 4.71. The molecule has 3 nitrogen and oxygen atoms in total. The van der Waals surface area contributed by atoms with Crippen molar-refractivity contribution in [3.05, 3.63) is 28.2 Å². The van der Waals surface area contributed by atoms with Gasteiger partial charge in [-0.05, 0) is 32.0 Å². The van der Waals surface area contributed by atoms with Gasteiger partial charge in [-0.1, -0.05) is 15.9 Å². The van der Waals surface area contributed by atoms with E-state index in [0.717, 1.165) is 15.8 Å². The van der Waals surface area contributed by atoms with Crippen molar-refractivity contribution in [3.8, 4) is 5.75 Å². The summed E-state index contributed by atoms with van der Waals surface area (Å²) in [6, 6.07) is 5.86. The quantitative estimate of drug-likeness (QED) is 0.835. The third kappa shape index (κ3) is 2.24. The fourth-order valence-electron chi connectivity index (χ4n) is 1.92. The molecular weight excluding hydrogens is 272 g/mol. The Morgan fingerprint density at radius 2 is 2.00 bits per heavy atom. The van der Waals surface area contributed by atoms with Gasteiger partial charge in [0.25, 0.3) is 0 Å². The molecule has 0 N–H and O–H groups in total. The van der Waals surface area contributed by atoms with Crippen LogP contribution in [0.3, 0.4) is 0 Å². The first-order valence-corrected chi connectivity index (χ1v) is 6.05. The summed E-state index contributed by atoms with van der Waals surface area (Å²) in [6.45, 7) is 3.92. The number of rotatable bonds is 2. The summed E-state index contributed by atoms with van der Waals surface area (Å²) in [7, 11) is 1.66. The lowest BCUT2D eigenvalue weighted by atomic mass is 10.1. The van der Waals surface area contributed by atoms with Crippen LogP contribution in [0.5, 0.6) is 5.75 Å². The molecule has 1 saturated heterocycles. The lowest BCUT2D eigenvalue weighted by Gasteiger charge is -2.15. The maximum atomic E-state index is 5.73. The van der Waals surface area contributed by atoms with Crippen LogP contribution in [0.1, 0.15) is 25.5 Å². The van der Waals surface area contributed by atoms with E-state index in [1.807, 2.05) is 32.0 Å². The van der Waals surface area contributed by atoms with Gasteiger partial charge in [0.05, 0.1) is 13.2 Å². The Balaban J connectivity index is 2.32. The van der Waals surface area contributed by atoms with Crippen LogP contribution < -0.4 is 4.74 Å². The van der Waals surface area contributed by atoms with Gasteiger partial charge >= 0.3 is 0 Å². The zero-order valence-corrected chi connectivity index (χ0v) is 11.2. The molecule has 1 aromatic rings. The fourth-order valence-corrected chi connectivity index (χ4v) is 2.39. The van der Waals surface area contributed by atoms with Crippen LogP contribution in [-0.2, 0) is 9.47 Å². The Kier molecular flexibility index (Phi) is 3.52. The molecule has 0 amide bonds. The van der Waals surface area contributed by atoms with Gasteiger partial charge in [0, 0.05) is 10.0 Å². The molecule has 0 aliphatic carbocycles. The summed E-state index contributed by atoms with van der Waals surface area (Å²) in [5.41, 5.74) is 1.07. The minimum atomic E-state index is -0.155. The summed E-state index contributed by atoms with van der Waals surface area (Å²) >= 11 is 3.53. The van der Waals surface area contributed by atoms with Crippen LogP contribution in [-0.4, -0.2) is 19.5 Å². The second kappa shape index (κ2) is 4.73. The van der Waals surface area contributed by atoms with Crippen molar-refractivity contribution in [3.63, 3.8) is 0 Å². The van der Waals surface area contributed by atoms with E-state index in [9.17, 15) is 0 Å². The van der Waals surface area contributed by atoms with Crippen molar-refractivity contribution in [2.45, 2.75) is 32.3 Å². The van der Waals surface area contributed by atoms with Gasteiger partial charge in [0.2, 0.25) is 0 Å². The summed E-state index contributed by atoms with van der Waals surface area (Å²) in [6.07, 6.45) is -0.143. The zero-order chi connectivity index (χ0) is 11.7. The summed E-state index contributed by atoms with van der Waals surface area (Å²) in [5, 5.41) is 0. The van der Waals surface area contributed by atoms with Crippen molar-refractivity contribution in [1.82, 2.24) is 0 Å². The Morgan fingerprint density at radius 3 is 2.56 bits per heavy atom. The van der Waals surface area contributed by atoms with Gasteiger partial charge < -0.3 is 14.2 Å². The van der Waals surface area contributed by atoms with Crippen molar-refractivity contribution >= 4 is 15.9 Å². The van der Waals surface area contributed by atoms with E-state index in [4.69, 9.17) is 14.2 Å². The largest absolute Gasteiger partial charge is 0.497 e. The number of benzene rings is 1. The minimum Gasteiger partial charge on any atom is -0.497 e. The van der Waals surface area contributed by atoms with E-state index < -0.39 is 0 Å². The zero-order valence-electron chi connectivity index (χ0n) is 9.57. The Labute approximate surface area is 104 Å². The average molecular weight is 287 g/mol. The summed E-state index contributed by atoms with van der Waals surface area (Å²) < 4.78 is 17.5. The maximum Gasteiger partial charge on any atom is 0.156 e. The molecular formula is C12H15BrO3. The molecule has 0 aromatic heterocycles. The first kappa shape index (κ1) is 11.9. The number of hydrogen-bond acceptors (Lipinski definition) is 3. The highest BCUT2D eigenvalue weighted by Gasteiger charge is 2.33. The third-order valence-corrected chi connectivity index (χ3v) is 3.40. The van der Waals surface area contributed by atoms with Crippen LogP contribution >= 0.6 is 15.9 Å². The van der Waals surface area contributed by atoms with Gasteiger partial charge in [-0.15, -0.1) is 0 Å². The highest BCUT2D eigenvalue weighted by atomic mass is 79.9. The first-order chi connectivity index (χ1) is 7.61. The maximum absolute atomic E-state index is 5.73. The van der Waals surface area contributed by atoms with E-state index in [1.54, 1.807) is 7.11 Å². The lowest BCUT2D eigenvalue weighted by Crippen LogP contribution is -2.11. The Morgan fingerprint density at radius 1 is 1.25 bits per heavy atom. The number of halogens is 1. The molecule has 88 valence electrons. The Hall–Kier alpha value is -0.580. The van der Waals surface area contributed by atoms with Gasteiger partial charge in [0.15, 0.2) is 6.29 Å². The fraction of sp³-hybridized carbons (Fsp3) is 0.500. The van der Waals surface area contributed by atoms with Crippen LogP contribution in [0.2, 0.25) is 0 Å². The van der Waals surface area contributed by atoms with E-state index in [2.05, 4.69) is 15.9 Å². The minimum absolute atomic E-state index is 0.0422. The SMILES string of the molecule is COc1ccc(Br)c([C@@H]2O[C@@H](C)O[C@H]2C)c1. The van der Waals surface area contributed by atoms with Crippen molar-refractivity contribution in [2.24, 2.45) is 0 Å². The van der Waals surface area contributed by atoms with Gasteiger partial charge in [0.1, 0.15) is 11.9 Å². The molecule has 0 bridgehead atoms. The molecule has 1 heterocycles. The molecule has 0 unspecified atom stereocenters. The highest BCUT2D eigenvalue weighted by molar-refractivity contribution is 9.10. The van der Waals surface area contributed by atoms with Crippen molar-refractivity contribution in [1.29, 1.82) is 0 Å². The molecule has 4 heteroatoms. The molecule has 1 aromatic carbocycles. The normalized spacial score (nSPS) is 29.4. The van der Waals surface area contributed by atoms with Crippen molar-refractivity contribution < 1.29 is 14.2 Å². The standard InChI is InChI=1S/C12H15BrO3/c1-7-12(16-8(2)15-7)10-6-9(14-3)4-5-11(10)13/h4-8,12H,1-3H3/t7-,8-,12+/m0/s1. The molecule has 1 fully saturated rings. The molecule has 0 radical (unpaired) electrons.